The van der Waals surface area contributed by atoms with Crippen LogP contribution < -0.4 is 5.32 Å². The lowest BCUT2D eigenvalue weighted by Crippen LogP contribution is -2.18. The SMILES string of the molecule is CCCNCCCS(=O)CC. The van der Waals surface area contributed by atoms with Gasteiger partial charge in [0.1, 0.15) is 0 Å². The van der Waals surface area contributed by atoms with Crippen molar-refractivity contribution in [3.8, 4) is 0 Å². The fourth-order valence-corrected chi connectivity index (χ4v) is 1.56. The van der Waals surface area contributed by atoms with Gasteiger partial charge in [0.15, 0.2) is 0 Å². The molecule has 68 valence electrons. The first-order chi connectivity index (χ1) is 5.31. The molecule has 0 radical (unpaired) electrons. The Balaban J connectivity index is 2.95. The van der Waals surface area contributed by atoms with E-state index in [1.54, 1.807) is 0 Å². The highest BCUT2D eigenvalue weighted by Crippen LogP contribution is 1.85. The van der Waals surface area contributed by atoms with Crippen molar-refractivity contribution in [2.45, 2.75) is 26.7 Å². The normalized spacial score (nSPS) is 13.3. The van der Waals surface area contributed by atoms with Crippen LogP contribution >= 0.6 is 0 Å². The molecule has 0 rings (SSSR count). The van der Waals surface area contributed by atoms with E-state index in [4.69, 9.17) is 0 Å². The Hall–Kier alpha value is 0.110. The van der Waals surface area contributed by atoms with Crippen LogP contribution in [0.25, 0.3) is 0 Å². The average Bonchev–Trinajstić information content (AvgIpc) is 2.04. The van der Waals surface area contributed by atoms with Gasteiger partial charge in [-0.25, -0.2) is 0 Å². The molecule has 0 aromatic rings. The van der Waals surface area contributed by atoms with Crippen LogP contribution in [-0.2, 0) is 10.8 Å². The van der Waals surface area contributed by atoms with Crippen molar-refractivity contribution in [1.82, 2.24) is 5.32 Å². The Morgan fingerprint density at radius 3 is 2.55 bits per heavy atom. The first-order valence-corrected chi connectivity index (χ1v) is 5.85. The lowest BCUT2D eigenvalue weighted by molar-refractivity contribution is 0.652. The summed E-state index contributed by atoms with van der Waals surface area (Å²) >= 11 is 0. The monoisotopic (exact) mass is 177 g/mol. The molecule has 0 saturated heterocycles. The highest BCUT2D eigenvalue weighted by atomic mass is 32.2. The molecule has 0 aliphatic rings. The molecule has 3 heteroatoms. The van der Waals surface area contributed by atoms with Gasteiger partial charge in [-0.05, 0) is 25.9 Å². The van der Waals surface area contributed by atoms with Gasteiger partial charge in [-0.2, -0.15) is 0 Å². The summed E-state index contributed by atoms with van der Waals surface area (Å²) in [6.07, 6.45) is 2.22. The molecule has 0 amide bonds. The van der Waals surface area contributed by atoms with Gasteiger partial charge in [0.2, 0.25) is 0 Å². The van der Waals surface area contributed by atoms with Gasteiger partial charge < -0.3 is 5.32 Å². The van der Waals surface area contributed by atoms with Gasteiger partial charge in [-0.15, -0.1) is 0 Å². The Bertz CT molecular complexity index is 106. The maximum Gasteiger partial charge on any atom is 0.0246 e. The Morgan fingerprint density at radius 1 is 1.27 bits per heavy atom. The van der Waals surface area contributed by atoms with E-state index in [1.807, 2.05) is 6.92 Å². The zero-order valence-corrected chi connectivity index (χ0v) is 8.38. The first-order valence-electron chi connectivity index (χ1n) is 4.37. The van der Waals surface area contributed by atoms with Gasteiger partial charge >= 0.3 is 0 Å². The second-order valence-electron chi connectivity index (χ2n) is 2.54. The van der Waals surface area contributed by atoms with Crippen molar-refractivity contribution >= 4 is 10.8 Å². The predicted octanol–water partition coefficient (Wildman–Crippen LogP) is 1.14. The van der Waals surface area contributed by atoms with E-state index >= 15 is 0 Å². The minimum Gasteiger partial charge on any atom is -0.317 e. The van der Waals surface area contributed by atoms with E-state index in [-0.39, 0.29) is 0 Å². The average molecular weight is 177 g/mol. The topological polar surface area (TPSA) is 29.1 Å². The van der Waals surface area contributed by atoms with Gasteiger partial charge in [0.25, 0.3) is 0 Å². The summed E-state index contributed by atoms with van der Waals surface area (Å²) in [7, 11) is -0.572. The molecule has 2 nitrogen and oxygen atoms in total. The molecule has 0 aliphatic heterocycles. The van der Waals surface area contributed by atoms with Crippen molar-refractivity contribution in [1.29, 1.82) is 0 Å². The summed E-state index contributed by atoms with van der Waals surface area (Å²) in [5, 5.41) is 3.28. The number of hydrogen-bond donors (Lipinski definition) is 1. The molecular formula is C8H19NOS. The van der Waals surface area contributed by atoms with Crippen LogP contribution in [0.4, 0.5) is 0 Å². The molecular weight excluding hydrogens is 158 g/mol. The molecule has 0 saturated carbocycles. The second kappa shape index (κ2) is 8.21. The van der Waals surface area contributed by atoms with Crippen molar-refractivity contribution < 1.29 is 4.21 Å². The van der Waals surface area contributed by atoms with Crippen LogP contribution in [0.3, 0.4) is 0 Å². The van der Waals surface area contributed by atoms with Crippen LogP contribution in [0.5, 0.6) is 0 Å². The lowest BCUT2D eigenvalue weighted by Gasteiger charge is -2.01. The smallest absolute Gasteiger partial charge is 0.0246 e. The second-order valence-corrected chi connectivity index (χ2v) is 4.40. The van der Waals surface area contributed by atoms with Crippen molar-refractivity contribution in [2.24, 2.45) is 0 Å². The third-order valence-electron chi connectivity index (χ3n) is 1.47. The van der Waals surface area contributed by atoms with Crippen LogP contribution in [-0.4, -0.2) is 28.8 Å². The van der Waals surface area contributed by atoms with E-state index in [9.17, 15) is 4.21 Å². The Morgan fingerprint density at radius 2 is 2.00 bits per heavy atom. The molecule has 0 aromatic carbocycles. The molecule has 1 unspecified atom stereocenters. The predicted molar refractivity (Wildman–Crippen MR) is 51.3 cm³/mol. The number of hydrogen-bond acceptors (Lipinski definition) is 2. The summed E-state index contributed by atoms with van der Waals surface area (Å²) in [4.78, 5) is 0. The highest BCUT2D eigenvalue weighted by molar-refractivity contribution is 7.84. The minimum absolute atomic E-state index is 0.572. The van der Waals surface area contributed by atoms with E-state index in [0.29, 0.717) is 0 Å². The fourth-order valence-electron chi connectivity index (χ4n) is 0.804. The molecule has 1 N–H and O–H groups in total. The van der Waals surface area contributed by atoms with Crippen LogP contribution in [0.1, 0.15) is 26.7 Å². The largest absolute Gasteiger partial charge is 0.317 e. The number of rotatable bonds is 7. The molecule has 0 spiro atoms. The van der Waals surface area contributed by atoms with Crippen LogP contribution in [0, 0.1) is 0 Å². The zero-order valence-electron chi connectivity index (χ0n) is 7.56. The van der Waals surface area contributed by atoms with Gasteiger partial charge in [-0.1, -0.05) is 13.8 Å². The number of nitrogens with one attached hydrogen (secondary N) is 1. The zero-order chi connectivity index (χ0) is 8.53. The van der Waals surface area contributed by atoms with Crippen molar-refractivity contribution in [3.05, 3.63) is 0 Å². The molecule has 0 fully saturated rings. The standard InChI is InChI=1S/C8H19NOS/c1-3-6-9-7-5-8-11(10)4-2/h9H,3-8H2,1-2H3. The summed E-state index contributed by atoms with van der Waals surface area (Å²) in [5.74, 6) is 1.65. The van der Waals surface area contributed by atoms with Crippen LogP contribution in [0.15, 0.2) is 0 Å². The van der Waals surface area contributed by atoms with E-state index in [2.05, 4.69) is 12.2 Å². The fraction of sp³-hybridized carbons (Fsp3) is 1.00. The van der Waals surface area contributed by atoms with E-state index in [1.165, 1.54) is 6.42 Å². The summed E-state index contributed by atoms with van der Waals surface area (Å²) in [6.45, 7) is 6.21. The third-order valence-corrected chi connectivity index (χ3v) is 2.86. The molecule has 0 aliphatic carbocycles. The van der Waals surface area contributed by atoms with Crippen molar-refractivity contribution in [3.63, 3.8) is 0 Å². The van der Waals surface area contributed by atoms with Gasteiger partial charge in [0, 0.05) is 22.3 Å². The minimum atomic E-state index is -0.572. The molecule has 0 aromatic heterocycles. The summed E-state index contributed by atoms with van der Waals surface area (Å²) < 4.78 is 10.9. The van der Waals surface area contributed by atoms with E-state index < -0.39 is 10.8 Å². The van der Waals surface area contributed by atoms with Gasteiger partial charge in [0.05, 0.1) is 0 Å². The van der Waals surface area contributed by atoms with Crippen molar-refractivity contribution in [2.75, 3.05) is 24.6 Å². The molecule has 0 heterocycles. The lowest BCUT2D eigenvalue weighted by atomic mass is 10.4. The molecule has 0 bridgehead atoms. The van der Waals surface area contributed by atoms with Crippen LogP contribution in [0.2, 0.25) is 0 Å². The van der Waals surface area contributed by atoms with E-state index in [0.717, 1.165) is 31.0 Å². The maximum atomic E-state index is 10.9. The van der Waals surface area contributed by atoms with Gasteiger partial charge in [-0.3, -0.25) is 4.21 Å². The highest BCUT2D eigenvalue weighted by Gasteiger charge is 1.93. The first kappa shape index (κ1) is 11.1. The third kappa shape index (κ3) is 8.01. The molecule has 11 heavy (non-hydrogen) atoms. The Kier molecular flexibility index (Phi) is 8.29. The summed E-state index contributed by atoms with van der Waals surface area (Å²) in [6, 6.07) is 0. The maximum absolute atomic E-state index is 10.9. The molecule has 1 atom stereocenters. The quantitative estimate of drug-likeness (QED) is 0.591. The Labute approximate surface area is 72.2 Å². The summed E-state index contributed by atoms with van der Waals surface area (Å²) in [5.41, 5.74) is 0.